The molecule has 2 saturated heterocycles. The van der Waals surface area contributed by atoms with Gasteiger partial charge in [0.1, 0.15) is 17.3 Å². The van der Waals surface area contributed by atoms with Crippen molar-refractivity contribution in [2.45, 2.75) is 38.1 Å². The zero-order valence-electron chi connectivity index (χ0n) is 13.2. The number of rotatable bonds is 2. The molecule has 120 valence electrons. The van der Waals surface area contributed by atoms with E-state index in [1.54, 1.807) is 17.5 Å². The molecular weight excluding hydrogens is 306 g/mol. The van der Waals surface area contributed by atoms with Crippen molar-refractivity contribution in [2.75, 3.05) is 31.1 Å². The summed E-state index contributed by atoms with van der Waals surface area (Å²) < 4.78 is 1.06. The lowest BCUT2D eigenvalue weighted by molar-refractivity contribution is 0.141. The fourth-order valence-corrected chi connectivity index (χ4v) is 4.75. The Hall–Kier alpha value is -1.71. The Morgan fingerprint density at radius 3 is 2.65 bits per heavy atom. The molecule has 0 unspecified atom stereocenters. The first kappa shape index (κ1) is 14.9. The lowest BCUT2D eigenvalue weighted by Crippen LogP contribution is -2.46. The first-order valence-electron chi connectivity index (χ1n) is 8.49. The Balaban J connectivity index is 1.44. The highest BCUT2D eigenvalue weighted by molar-refractivity contribution is 7.22. The number of fused-ring (bicyclic) bond motifs is 1. The number of nitrogens with zero attached hydrogens (tertiary/aromatic N) is 5. The molecule has 2 aromatic heterocycles. The van der Waals surface area contributed by atoms with Gasteiger partial charge in [0.05, 0.1) is 10.9 Å². The normalized spacial score (nSPS) is 20.7. The zero-order chi connectivity index (χ0) is 15.6. The lowest BCUT2D eigenvalue weighted by atomic mass is 10.0. The molecule has 4 heterocycles. The van der Waals surface area contributed by atoms with E-state index in [-0.39, 0.29) is 0 Å². The van der Waals surface area contributed by atoms with Crippen LogP contribution in [-0.4, -0.2) is 47.1 Å². The van der Waals surface area contributed by atoms with Gasteiger partial charge in [-0.15, -0.1) is 0 Å². The van der Waals surface area contributed by atoms with Crippen LogP contribution in [0.25, 0.3) is 10.2 Å². The lowest BCUT2D eigenvalue weighted by Gasteiger charge is -2.40. The number of nitriles is 1. The van der Waals surface area contributed by atoms with Crippen molar-refractivity contribution in [1.29, 1.82) is 5.26 Å². The Labute approximate surface area is 140 Å². The van der Waals surface area contributed by atoms with Crippen LogP contribution < -0.4 is 4.90 Å². The van der Waals surface area contributed by atoms with Crippen LogP contribution in [0.5, 0.6) is 0 Å². The highest BCUT2D eigenvalue weighted by atomic mass is 32.1. The summed E-state index contributed by atoms with van der Waals surface area (Å²) in [5.74, 6) is 0. The number of hydrogen-bond acceptors (Lipinski definition) is 6. The maximum Gasteiger partial charge on any atom is 0.186 e. The number of likely N-dealkylation sites (tertiary alicyclic amines) is 1. The van der Waals surface area contributed by atoms with Gasteiger partial charge in [0.15, 0.2) is 5.13 Å². The molecule has 0 spiro atoms. The van der Waals surface area contributed by atoms with Crippen LogP contribution in [0, 0.1) is 11.3 Å². The SMILES string of the molecule is N#Cc1cc2sc(N3CCC(N4CCCCC4)CC3)nc2cn1. The summed E-state index contributed by atoms with van der Waals surface area (Å²) in [4.78, 5) is 13.9. The summed E-state index contributed by atoms with van der Waals surface area (Å²) in [5.41, 5.74) is 1.37. The van der Waals surface area contributed by atoms with E-state index in [9.17, 15) is 0 Å². The van der Waals surface area contributed by atoms with Gasteiger partial charge < -0.3 is 9.80 Å². The predicted octanol–water partition coefficient (Wildman–Crippen LogP) is 3.02. The molecule has 0 saturated carbocycles. The van der Waals surface area contributed by atoms with E-state index < -0.39 is 0 Å². The monoisotopic (exact) mass is 327 g/mol. The summed E-state index contributed by atoms with van der Waals surface area (Å²) in [6.07, 6.45) is 8.32. The third-order valence-electron chi connectivity index (χ3n) is 5.02. The molecule has 2 aliphatic heterocycles. The number of thiazole rings is 1. The van der Waals surface area contributed by atoms with Gasteiger partial charge in [-0.3, -0.25) is 0 Å². The van der Waals surface area contributed by atoms with Crippen LogP contribution in [0.4, 0.5) is 5.13 Å². The van der Waals surface area contributed by atoms with Crippen LogP contribution in [-0.2, 0) is 0 Å². The van der Waals surface area contributed by atoms with E-state index in [0.29, 0.717) is 5.69 Å². The van der Waals surface area contributed by atoms with Crippen LogP contribution in [0.3, 0.4) is 0 Å². The first-order chi connectivity index (χ1) is 11.3. The molecule has 0 aromatic carbocycles. The molecule has 2 fully saturated rings. The van der Waals surface area contributed by atoms with Crippen molar-refractivity contribution < 1.29 is 0 Å². The van der Waals surface area contributed by atoms with Crippen molar-refractivity contribution in [1.82, 2.24) is 14.9 Å². The van der Waals surface area contributed by atoms with Crippen molar-refractivity contribution in [2.24, 2.45) is 0 Å². The molecule has 2 aromatic rings. The second-order valence-electron chi connectivity index (χ2n) is 6.46. The molecule has 0 bridgehead atoms. The minimum atomic E-state index is 0.469. The summed E-state index contributed by atoms with van der Waals surface area (Å²) in [6.45, 7) is 4.74. The van der Waals surface area contributed by atoms with Crippen LogP contribution >= 0.6 is 11.3 Å². The highest BCUT2D eigenvalue weighted by Gasteiger charge is 2.26. The third-order valence-corrected chi connectivity index (χ3v) is 6.10. The summed E-state index contributed by atoms with van der Waals surface area (Å²) in [6, 6.07) is 4.70. The second-order valence-corrected chi connectivity index (χ2v) is 7.47. The van der Waals surface area contributed by atoms with Crippen molar-refractivity contribution in [3.63, 3.8) is 0 Å². The van der Waals surface area contributed by atoms with Crippen molar-refractivity contribution >= 4 is 26.7 Å². The van der Waals surface area contributed by atoms with Gasteiger partial charge >= 0.3 is 0 Å². The quantitative estimate of drug-likeness (QED) is 0.848. The standard InChI is InChI=1S/C17H21N5S/c18-11-13-10-16-15(12-19-13)20-17(23-16)22-8-4-14(5-9-22)21-6-2-1-3-7-21/h10,12,14H,1-9H2. The zero-order valence-corrected chi connectivity index (χ0v) is 14.1. The largest absolute Gasteiger partial charge is 0.348 e. The molecule has 0 N–H and O–H groups in total. The fraction of sp³-hybridized carbons (Fsp3) is 0.588. The third kappa shape index (κ3) is 3.04. The average molecular weight is 327 g/mol. The summed E-state index contributed by atoms with van der Waals surface area (Å²) >= 11 is 1.68. The predicted molar refractivity (Wildman–Crippen MR) is 92.8 cm³/mol. The number of piperidine rings is 2. The summed E-state index contributed by atoms with van der Waals surface area (Å²) in [5, 5.41) is 10.0. The molecule has 0 aliphatic carbocycles. The van der Waals surface area contributed by atoms with E-state index in [1.165, 1.54) is 45.2 Å². The van der Waals surface area contributed by atoms with Gasteiger partial charge in [-0.25, -0.2) is 9.97 Å². The number of pyridine rings is 1. The molecule has 23 heavy (non-hydrogen) atoms. The first-order valence-corrected chi connectivity index (χ1v) is 9.31. The second kappa shape index (κ2) is 6.42. The molecule has 0 atom stereocenters. The van der Waals surface area contributed by atoms with E-state index >= 15 is 0 Å². The Bertz CT molecular complexity index is 720. The smallest absolute Gasteiger partial charge is 0.186 e. The van der Waals surface area contributed by atoms with Gasteiger partial charge in [0, 0.05) is 19.1 Å². The number of anilines is 1. The van der Waals surface area contributed by atoms with Crippen molar-refractivity contribution in [3.8, 4) is 6.07 Å². The maximum absolute atomic E-state index is 8.96. The van der Waals surface area contributed by atoms with Gasteiger partial charge in [-0.1, -0.05) is 17.8 Å². The minimum Gasteiger partial charge on any atom is -0.348 e. The minimum absolute atomic E-state index is 0.469. The Morgan fingerprint density at radius 2 is 1.91 bits per heavy atom. The van der Waals surface area contributed by atoms with Gasteiger partial charge in [-0.2, -0.15) is 5.26 Å². The molecule has 4 rings (SSSR count). The van der Waals surface area contributed by atoms with E-state index in [2.05, 4.69) is 20.9 Å². The molecule has 0 radical (unpaired) electrons. The fourth-order valence-electron chi connectivity index (χ4n) is 3.72. The maximum atomic E-state index is 8.96. The van der Waals surface area contributed by atoms with E-state index in [0.717, 1.165) is 34.5 Å². The molecular formula is C17H21N5S. The molecule has 2 aliphatic rings. The highest BCUT2D eigenvalue weighted by Crippen LogP contribution is 2.31. The average Bonchev–Trinajstić information content (AvgIpc) is 3.05. The van der Waals surface area contributed by atoms with Gasteiger partial charge in [-0.05, 0) is 44.8 Å². The Kier molecular flexibility index (Phi) is 4.15. The number of aromatic nitrogens is 2. The van der Waals surface area contributed by atoms with Crippen LogP contribution in [0.15, 0.2) is 12.3 Å². The van der Waals surface area contributed by atoms with Crippen molar-refractivity contribution in [3.05, 3.63) is 18.0 Å². The molecule has 0 amide bonds. The van der Waals surface area contributed by atoms with Crippen LogP contribution in [0.1, 0.15) is 37.8 Å². The summed E-state index contributed by atoms with van der Waals surface area (Å²) in [7, 11) is 0. The Morgan fingerprint density at radius 1 is 1.13 bits per heavy atom. The molecule has 5 nitrogen and oxygen atoms in total. The number of hydrogen-bond donors (Lipinski definition) is 0. The van der Waals surface area contributed by atoms with E-state index in [1.807, 2.05) is 6.07 Å². The van der Waals surface area contributed by atoms with E-state index in [4.69, 9.17) is 10.2 Å². The topological polar surface area (TPSA) is 56.1 Å². The van der Waals surface area contributed by atoms with Gasteiger partial charge in [0.2, 0.25) is 0 Å². The van der Waals surface area contributed by atoms with Gasteiger partial charge in [0.25, 0.3) is 0 Å². The van der Waals surface area contributed by atoms with Crippen LogP contribution in [0.2, 0.25) is 0 Å². The molecule has 6 heteroatoms.